The smallest absolute Gasteiger partial charge is 0.237 e. The normalized spacial score (nSPS) is 25.6. The first kappa shape index (κ1) is 20.0. The summed E-state index contributed by atoms with van der Waals surface area (Å²) < 4.78 is 5.59. The Hall–Kier alpha value is -2.25. The molecule has 1 spiro atoms. The molecule has 1 aromatic rings. The van der Waals surface area contributed by atoms with E-state index >= 15 is 0 Å². The lowest BCUT2D eigenvalue weighted by atomic mass is 9.95. The molecule has 3 fully saturated rings. The van der Waals surface area contributed by atoms with Gasteiger partial charge in [-0.3, -0.25) is 14.4 Å². The summed E-state index contributed by atoms with van der Waals surface area (Å²) in [6.45, 7) is 1.74. The molecule has 0 bridgehead atoms. The molecule has 2 heterocycles. The maximum Gasteiger partial charge on any atom is 0.237 e. The minimum Gasteiger partial charge on any atom is -0.369 e. The van der Waals surface area contributed by atoms with Crippen molar-refractivity contribution in [2.75, 3.05) is 19.7 Å². The third-order valence-corrected chi connectivity index (χ3v) is 6.38. The van der Waals surface area contributed by atoms with Crippen LogP contribution in [0.2, 0.25) is 0 Å². The second-order valence-electron chi connectivity index (χ2n) is 8.66. The highest BCUT2D eigenvalue weighted by Crippen LogP contribution is 2.51. The van der Waals surface area contributed by atoms with E-state index in [2.05, 4.69) is 16.0 Å². The van der Waals surface area contributed by atoms with Gasteiger partial charge in [-0.25, -0.2) is 0 Å². The molecule has 3 aliphatic rings. The van der Waals surface area contributed by atoms with Crippen molar-refractivity contribution in [3.63, 3.8) is 0 Å². The van der Waals surface area contributed by atoms with Crippen LogP contribution < -0.4 is 16.0 Å². The minimum absolute atomic E-state index is 0.0434. The van der Waals surface area contributed by atoms with Crippen LogP contribution in [0.15, 0.2) is 30.3 Å². The van der Waals surface area contributed by atoms with Crippen molar-refractivity contribution in [3.05, 3.63) is 35.9 Å². The predicted molar refractivity (Wildman–Crippen MR) is 107 cm³/mol. The molecule has 0 unspecified atom stereocenters. The molecule has 2 aliphatic heterocycles. The number of carbonyl (C=O) groups excluding carboxylic acids is 3. The molecule has 2 saturated heterocycles. The highest BCUT2D eigenvalue weighted by molar-refractivity contribution is 5.92. The zero-order chi connectivity index (χ0) is 20.3. The van der Waals surface area contributed by atoms with Gasteiger partial charge in [0.1, 0.15) is 6.61 Å². The van der Waals surface area contributed by atoms with Crippen molar-refractivity contribution < 1.29 is 19.1 Å². The summed E-state index contributed by atoms with van der Waals surface area (Å²) in [6.07, 6.45) is 4.18. The van der Waals surface area contributed by atoms with Crippen LogP contribution in [-0.4, -0.2) is 49.4 Å². The monoisotopic (exact) mass is 399 g/mol. The fourth-order valence-electron chi connectivity index (χ4n) is 4.30. The number of Topliss-reactive ketones (excluding diaryl/α,β-unsaturated/α-hetero) is 1. The summed E-state index contributed by atoms with van der Waals surface area (Å²) in [5.74, 6) is -0.621. The Morgan fingerprint density at radius 3 is 2.69 bits per heavy atom. The van der Waals surface area contributed by atoms with Gasteiger partial charge in [0.2, 0.25) is 11.8 Å². The summed E-state index contributed by atoms with van der Waals surface area (Å²) in [6, 6.07) is 8.68. The fraction of sp³-hybridized carbons (Fsp3) is 0.591. The largest absolute Gasteiger partial charge is 0.369 e. The predicted octanol–water partition coefficient (Wildman–Crippen LogP) is 0.925. The van der Waals surface area contributed by atoms with Gasteiger partial charge in [0.15, 0.2) is 5.78 Å². The molecule has 7 heteroatoms. The van der Waals surface area contributed by atoms with E-state index in [0.29, 0.717) is 31.4 Å². The molecule has 2 amide bonds. The zero-order valence-electron chi connectivity index (χ0n) is 16.6. The standard InChI is InChI=1S/C22H29N3O4/c26-19(13-29-12-15-4-2-1-3-5-15)17(10-16-6-9-23-20(16)27)25-21(28)18-11-22(7-8-22)14-24-18/h1-5,16-18,24H,6-14H2,(H,23,27)(H,25,28)/t16-,17-,18-/m0/s1. The van der Waals surface area contributed by atoms with E-state index in [1.54, 1.807) is 0 Å². The van der Waals surface area contributed by atoms with Gasteiger partial charge in [-0.05, 0) is 43.1 Å². The van der Waals surface area contributed by atoms with E-state index in [-0.39, 0.29) is 36.2 Å². The summed E-state index contributed by atoms with van der Waals surface area (Å²) >= 11 is 0. The Morgan fingerprint density at radius 2 is 2.03 bits per heavy atom. The molecule has 1 saturated carbocycles. The molecule has 29 heavy (non-hydrogen) atoms. The van der Waals surface area contributed by atoms with Crippen molar-refractivity contribution in [1.82, 2.24) is 16.0 Å². The van der Waals surface area contributed by atoms with Gasteiger partial charge in [-0.1, -0.05) is 30.3 Å². The topological polar surface area (TPSA) is 96.5 Å². The van der Waals surface area contributed by atoms with Crippen molar-refractivity contribution in [1.29, 1.82) is 0 Å². The van der Waals surface area contributed by atoms with Crippen LogP contribution in [0.25, 0.3) is 0 Å². The number of benzene rings is 1. The summed E-state index contributed by atoms with van der Waals surface area (Å²) in [5, 5.41) is 9.00. The van der Waals surface area contributed by atoms with E-state index in [4.69, 9.17) is 4.74 Å². The Kier molecular flexibility index (Phi) is 5.96. The van der Waals surface area contributed by atoms with Gasteiger partial charge in [-0.2, -0.15) is 0 Å². The molecule has 1 aliphatic carbocycles. The summed E-state index contributed by atoms with van der Waals surface area (Å²) in [5.41, 5.74) is 1.28. The van der Waals surface area contributed by atoms with Gasteiger partial charge in [0.05, 0.1) is 18.7 Å². The average Bonchev–Trinajstić information content (AvgIpc) is 3.15. The number of hydrogen-bond donors (Lipinski definition) is 3. The lowest BCUT2D eigenvalue weighted by Crippen LogP contribution is -2.50. The van der Waals surface area contributed by atoms with Gasteiger partial charge in [0.25, 0.3) is 0 Å². The maximum atomic E-state index is 12.8. The SMILES string of the molecule is O=C1NCC[C@H]1C[C@H](NC(=O)[C@@H]1CC2(CC2)CN1)C(=O)COCc1ccccc1. The molecule has 0 aromatic heterocycles. The zero-order valence-corrected chi connectivity index (χ0v) is 16.6. The van der Waals surface area contributed by atoms with Crippen molar-refractivity contribution in [2.45, 2.75) is 50.8 Å². The molecule has 156 valence electrons. The highest BCUT2D eigenvalue weighted by atomic mass is 16.5. The molecule has 3 atom stereocenters. The van der Waals surface area contributed by atoms with Crippen molar-refractivity contribution in [2.24, 2.45) is 11.3 Å². The lowest BCUT2D eigenvalue weighted by molar-refractivity contribution is -0.132. The van der Waals surface area contributed by atoms with Crippen LogP contribution in [0.5, 0.6) is 0 Å². The number of ether oxygens (including phenoxy) is 1. The molecular formula is C22H29N3O4. The Bertz CT molecular complexity index is 763. The number of amides is 2. The van der Waals surface area contributed by atoms with Gasteiger partial charge < -0.3 is 20.7 Å². The minimum atomic E-state index is -0.704. The number of carbonyl (C=O) groups is 3. The second-order valence-corrected chi connectivity index (χ2v) is 8.66. The number of nitrogens with one attached hydrogen (secondary N) is 3. The van der Waals surface area contributed by atoms with E-state index in [9.17, 15) is 14.4 Å². The van der Waals surface area contributed by atoms with Crippen LogP contribution in [0.1, 0.15) is 37.7 Å². The van der Waals surface area contributed by atoms with E-state index in [1.165, 1.54) is 12.8 Å². The van der Waals surface area contributed by atoms with Crippen LogP contribution in [0.4, 0.5) is 0 Å². The molecule has 1 aromatic carbocycles. The Labute approximate surface area is 171 Å². The average molecular weight is 399 g/mol. The molecule has 3 N–H and O–H groups in total. The Morgan fingerprint density at radius 1 is 1.24 bits per heavy atom. The third-order valence-electron chi connectivity index (χ3n) is 6.38. The van der Waals surface area contributed by atoms with Crippen LogP contribution in [-0.2, 0) is 25.7 Å². The van der Waals surface area contributed by atoms with Crippen LogP contribution in [0.3, 0.4) is 0 Å². The Balaban J connectivity index is 1.33. The van der Waals surface area contributed by atoms with Gasteiger partial charge in [0, 0.05) is 19.0 Å². The van der Waals surface area contributed by atoms with Crippen LogP contribution in [0, 0.1) is 11.3 Å². The molecule has 4 rings (SSSR count). The van der Waals surface area contributed by atoms with Crippen molar-refractivity contribution in [3.8, 4) is 0 Å². The lowest BCUT2D eigenvalue weighted by Gasteiger charge is -2.22. The van der Waals surface area contributed by atoms with Gasteiger partial charge in [-0.15, -0.1) is 0 Å². The quantitative estimate of drug-likeness (QED) is 0.574. The molecular weight excluding hydrogens is 370 g/mol. The maximum absolute atomic E-state index is 12.8. The van der Waals surface area contributed by atoms with Crippen LogP contribution >= 0.6 is 0 Å². The number of rotatable bonds is 9. The first-order valence-corrected chi connectivity index (χ1v) is 10.5. The summed E-state index contributed by atoms with van der Waals surface area (Å²) in [4.78, 5) is 37.6. The number of ketones is 1. The van der Waals surface area contributed by atoms with Gasteiger partial charge >= 0.3 is 0 Å². The molecule has 7 nitrogen and oxygen atoms in total. The first-order valence-electron chi connectivity index (χ1n) is 10.5. The fourth-order valence-corrected chi connectivity index (χ4v) is 4.30. The van der Waals surface area contributed by atoms with E-state index in [1.807, 2.05) is 30.3 Å². The second kappa shape index (κ2) is 8.63. The number of hydrogen-bond acceptors (Lipinski definition) is 5. The van der Waals surface area contributed by atoms with E-state index < -0.39 is 6.04 Å². The third kappa shape index (κ3) is 5.03. The van der Waals surface area contributed by atoms with E-state index in [0.717, 1.165) is 18.5 Å². The first-order chi connectivity index (χ1) is 14.0. The summed E-state index contributed by atoms with van der Waals surface area (Å²) in [7, 11) is 0. The highest BCUT2D eigenvalue weighted by Gasteiger charge is 2.50. The molecule has 0 radical (unpaired) electrons. The van der Waals surface area contributed by atoms with Crippen molar-refractivity contribution >= 4 is 17.6 Å².